The zero-order valence-corrected chi connectivity index (χ0v) is 8.59. The van der Waals surface area contributed by atoms with E-state index in [1.54, 1.807) is 0 Å². The Morgan fingerprint density at radius 2 is 2.20 bits per heavy atom. The van der Waals surface area contributed by atoms with Crippen LogP contribution < -0.4 is 0 Å². The molecule has 15 heavy (non-hydrogen) atoms. The Bertz CT molecular complexity index is 193. The third-order valence-electron chi connectivity index (χ3n) is 1.77. The van der Waals surface area contributed by atoms with Gasteiger partial charge in [0.05, 0.1) is 32.3 Å². The van der Waals surface area contributed by atoms with Gasteiger partial charge in [0, 0.05) is 6.42 Å². The highest BCUT2D eigenvalue weighted by molar-refractivity contribution is 5.69. The maximum absolute atomic E-state index is 10.9. The van der Waals surface area contributed by atoms with E-state index in [-0.39, 0.29) is 19.4 Å². The average Bonchev–Trinajstić information content (AvgIpc) is 2.25. The minimum Gasteiger partial charge on any atom is -0.469 e. The number of carbonyl (C=O) groups excluding carboxylic acids is 2. The van der Waals surface area contributed by atoms with Gasteiger partial charge in [-0.05, 0) is 0 Å². The largest absolute Gasteiger partial charge is 0.469 e. The van der Waals surface area contributed by atoms with Crippen molar-refractivity contribution in [1.29, 1.82) is 0 Å². The summed E-state index contributed by atoms with van der Waals surface area (Å²) in [4.78, 5) is 21.0. The standard InChI is InChI=1S/C9H16O6/c1-14-9(13)5-8(15-3-2-10)4-7(12)6-11/h2,7-8,11-12H,3-6H2,1H3/t7-,8-/m0/s1. The van der Waals surface area contributed by atoms with E-state index in [1.165, 1.54) is 7.11 Å². The molecule has 0 fully saturated rings. The van der Waals surface area contributed by atoms with E-state index in [4.69, 9.17) is 14.9 Å². The number of hydrogen-bond acceptors (Lipinski definition) is 6. The van der Waals surface area contributed by atoms with E-state index in [2.05, 4.69) is 4.74 Å². The van der Waals surface area contributed by atoms with Crippen LogP contribution in [0.5, 0.6) is 0 Å². The molecule has 0 aromatic rings. The maximum atomic E-state index is 10.9. The van der Waals surface area contributed by atoms with Crippen molar-refractivity contribution in [2.75, 3.05) is 20.3 Å². The molecule has 0 spiro atoms. The first-order chi connectivity index (χ1) is 7.13. The van der Waals surface area contributed by atoms with Crippen molar-refractivity contribution >= 4 is 12.3 Å². The first-order valence-corrected chi connectivity index (χ1v) is 4.55. The predicted octanol–water partition coefficient (Wildman–Crippen LogP) is -1.12. The lowest BCUT2D eigenvalue weighted by molar-refractivity contribution is -0.145. The summed E-state index contributed by atoms with van der Waals surface area (Å²) in [6.45, 7) is -0.568. The van der Waals surface area contributed by atoms with Gasteiger partial charge in [0.15, 0.2) is 0 Å². The van der Waals surface area contributed by atoms with Crippen molar-refractivity contribution in [3.63, 3.8) is 0 Å². The first-order valence-electron chi connectivity index (χ1n) is 4.55. The minimum atomic E-state index is -0.966. The van der Waals surface area contributed by atoms with Crippen LogP contribution in [0.4, 0.5) is 0 Å². The third kappa shape index (κ3) is 7.01. The Morgan fingerprint density at radius 1 is 1.53 bits per heavy atom. The Labute approximate surface area is 87.8 Å². The zero-order valence-electron chi connectivity index (χ0n) is 8.59. The van der Waals surface area contributed by atoms with E-state index in [9.17, 15) is 9.59 Å². The molecule has 6 nitrogen and oxygen atoms in total. The number of ether oxygens (including phenoxy) is 2. The van der Waals surface area contributed by atoms with Crippen molar-refractivity contribution in [2.24, 2.45) is 0 Å². The molecule has 0 aromatic heterocycles. The lowest BCUT2D eigenvalue weighted by atomic mass is 10.1. The Balaban J connectivity index is 4.04. The topological polar surface area (TPSA) is 93.1 Å². The lowest BCUT2D eigenvalue weighted by Gasteiger charge is -2.17. The van der Waals surface area contributed by atoms with Crippen LogP contribution >= 0.6 is 0 Å². The van der Waals surface area contributed by atoms with Crippen molar-refractivity contribution < 1.29 is 29.3 Å². The van der Waals surface area contributed by atoms with Gasteiger partial charge in [-0.25, -0.2) is 0 Å². The predicted molar refractivity (Wildman–Crippen MR) is 50.1 cm³/mol. The fourth-order valence-electron chi connectivity index (χ4n) is 1.03. The Kier molecular flexibility index (Phi) is 7.79. The van der Waals surface area contributed by atoms with Crippen LogP contribution in [0.2, 0.25) is 0 Å². The highest BCUT2D eigenvalue weighted by Gasteiger charge is 2.18. The molecule has 6 heteroatoms. The number of aldehydes is 1. The molecule has 0 saturated heterocycles. The number of rotatable bonds is 8. The molecule has 88 valence electrons. The van der Waals surface area contributed by atoms with E-state index in [0.29, 0.717) is 6.29 Å². The summed E-state index contributed by atoms with van der Waals surface area (Å²) in [5.41, 5.74) is 0. The molecule has 0 amide bonds. The molecule has 0 saturated carbocycles. The molecule has 0 bridgehead atoms. The molecule has 0 unspecified atom stereocenters. The fourth-order valence-corrected chi connectivity index (χ4v) is 1.03. The van der Waals surface area contributed by atoms with Gasteiger partial charge in [-0.3, -0.25) is 4.79 Å². The summed E-state index contributed by atoms with van der Waals surface area (Å²) >= 11 is 0. The Morgan fingerprint density at radius 3 is 2.67 bits per heavy atom. The summed E-state index contributed by atoms with van der Waals surface area (Å²) in [5.74, 6) is -0.490. The van der Waals surface area contributed by atoms with Crippen LogP contribution in [0.15, 0.2) is 0 Å². The molecule has 0 rings (SSSR count). The van der Waals surface area contributed by atoms with Crippen LogP contribution in [0.1, 0.15) is 12.8 Å². The molecule has 0 aliphatic carbocycles. The molecule has 0 aliphatic rings. The van der Waals surface area contributed by atoms with Gasteiger partial charge >= 0.3 is 5.97 Å². The molecule has 0 aromatic carbocycles. The second-order valence-electron chi connectivity index (χ2n) is 2.97. The summed E-state index contributed by atoms with van der Waals surface area (Å²) in [5, 5.41) is 17.8. The molecule has 0 heterocycles. The van der Waals surface area contributed by atoms with E-state index < -0.39 is 24.8 Å². The molecule has 2 N–H and O–H groups in total. The van der Waals surface area contributed by atoms with Crippen LogP contribution in [0.3, 0.4) is 0 Å². The molecule has 2 atom stereocenters. The number of hydrogen-bond donors (Lipinski definition) is 2. The molecular weight excluding hydrogens is 204 g/mol. The van der Waals surface area contributed by atoms with Gasteiger partial charge in [-0.2, -0.15) is 0 Å². The highest BCUT2D eigenvalue weighted by Crippen LogP contribution is 2.08. The average molecular weight is 220 g/mol. The van der Waals surface area contributed by atoms with E-state index >= 15 is 0 Å². The van der Waals surface area contributed by atoms with Gasteiger partial charge in [-0.15, -0.1) is 0 Å². The molecule has 0 radical (unpaired) electrons. The smallest absolute Gasteiger partial charge is 0.308 e. The summed E-state index contributed by atoms with van der Waals surface area (Å²) in [6, 6.07) is 0. The SMILES string of the molecule is COC(=O)C[C@H](C[C@H](O)CO)OCC=O. The number of methoxy groups -OCH3 is 1. The second kappa shape index (κ2) is 8.34. The summed E-state index contributed by atoms with van der Waals surface area (Å²) < 4.78 is 9.42. The van der Waals surface area contributed by atoms with Crippen molar-refractivity contribution in [2.45, 2.75) is 25.0 Å². The summed E-state index contributed by atoms with van der Waals surface area (Å²) in [6.07, 6.45) is -1.01. The number of esters is 1. The van der Waals surface area contributed by atoms with Crippen molar-refractivity contribution in [1.82, 2.24) is 0 Å². The first kappa shape index (κ1) is 14.0. The zero-order chi connectivity index (χ0) is 11.7. The van der Waals surface area contributed by atoms with E-state index in [1.807, 2.05) is 0 Å². The highest BCUT2D eigenvalue weighted by atomic mass is 16.5. The van der Waals surface area contributed by atoms with Gasteiger partial charge in [-0.1, -0.05) is 0 Å². The quantitative estimate of drug-likeness (QED) is 0.397. The minimum absolute atomic E-state index is 0.0542. The van der Waals surface area contributed by atoms with Crippen LogP contribution in [-0.2, 0) is 19.1 Å². The van der Waals surface area contributed by atoms with Gasteiger partial charge in [0.2, 0.25) is 0 Å². The monoisotopic (exact) mass is 220 g/mol. The fraction of sp³-hybridized carbons (Fsp3) is 0.778. The number of carbonyl (C=O) groups is 2. The van der Waals surface area contributed by atoms with Crippen molar-refractivity contribution in [3.05, 3.63) is 0 Å². The number of aliphatic hydroxyl groups is 2. The molecule has 0 aliphatic heterocycles. The maximum Gasteiger partial charge on any atom is 0.308 e. The van der Waals surface area contributed by atoms with Gasteiger partial charge < -0.3 is 24.5 Å². The lowest BCUT2D eigenvalue weighted by Crippen LogP contribution is -2.26. The van der Waals surface area contributed by atoms with Crippen LogP contribution in [-0.4, -0.2) is 55.0 Å². The van der Waals surface area contributed by atoms with Gasteiger partial charge in [0.1, 0.15) is 12.9 Å². The summed E-state index contributed by atoms with van der Waals surface area (Å²) in [7, 11) is 1.24. The van der Waals surface area contributed by atoms with Crippen LogP contribution in [0.25, 0.3) is 0 Å². The van der Waals surface area contributed by atoms with Crippen LogP contribution in [0, 0.1) is 0 Å². The number of aliphatic hydroxyl groups excluding tert-OH is 2. The molecular formula is C9H16O6. The second-order valence-corrected chi connectivity index (χ2v) is 2.97. The normalized spacial score (nSPS) is 14.3. The van der Waals surface area contributed by atoms with Gasteiger partial charge in [0.25, 0.3) is 0 Å². The van der Waals surface area contributed by atoms with E-state index in [0.717, 1.165) is 0 Å². The third-order valence-corrected chi connectivity index (χ3v) is 1.77. The van der Waals surface area contributed by atoms with Crippen molar-refractivity contribution in [3.8, 4) is 0 Å². The Hall–Kier alpha value is -0.980.